The maximum atomic E-state index is 12.6. The van der Waals surface area contributed by atoms with Crippen molar-refractivity contribution < 1.29 is 9.59 Å². The van der Waals surface area contributed by atoms with Crippen LogP contribution in [0.4, 0.5) is 0 Å². The maximum Gasteiger partial charge on any atom is 0.246 e. The van der Waals surface area contributed by atoms with E-state index in [0.29, 0.717) is 13.0 Å². The van der Waals surface area contributed by atoms with Crippen molar-refractivity contribution in [3.63, 3.8) is 0 Å². The Labute approximate surface area is 122 Å². The van der Waals surface area contributed by atoms with Gasteiger partial charge < -0.3 is 10.2 Å². The third kappa shape index (κ3) is 3.75. The lowest BCUT2D eigenvalue weighted by atomic mass is 9.92. The summed E-state index contributed by atoms with van der Waals surface area (Å²) in [5.74, 6) is 2.83. The van der Waals surface area contributed by atoms with Gasteiger partial charge in [0.15, 0.2) is 0 Å². The number of terminal acetylenes is 1. The Morgan fingerprint density at radius 1 is 1.20 bits per heavy atom. The second kappa shape index (κ2) is 7.33. The van der Waals surface area contributed by atoms with E-state index in [4.69, 9.17) is 6.42 Å². The van der Waals surface area contributed by atoms with Crippen LogP contribution in [-0.2, 0) is 9.59 Å². The molecule has 1 fully saturated rings. The average molecular weight is 278 g/mol. The molecular weight excluding hydrogens is 252 g/mol. The smallest absolute Gasteiger partial charge is 0.246 e. The second-order valence-electron chi connectivity index (χ2n) is 6.11. The van der Waals surface area contributed by atoms with Crippen LogP contribution in [-0.4, -0.2) is 35.3 Å². The number of unbranched alkanes of at least 4 members (excludes halogenated alkanes) is 2. The molecule has 20 heavy (non-hydrogen) atoms. The summed E-state index contributed by atoms with van der Waals surface area (Å²) < 4.78 is 0. The fraction of sp³-hybridized carbons (Fsp3) is 0.750. The number of carbonyl (C=O) groups excluding carboxylic acids is 2. The van der Waals surface area contributed by atoms with Gasteiger partial charge >= 0.3 is 0 Å². The number of hydrogen-bond acceptors (Lipinski definition) is 2. The molecule has 1 saturated heterocycles. The highest BCUT2D eigenvalue weighted by molar-refractivity contribution is 5.97. The van der Waals surface area contributed by atoms with Crippen LogP contribution in [0.3, 0.4) is 0 Å². The topological polar surface area (TPSA) is 49.4 Å². The highest BCUT2D eigenvalue weighted by Crippen LogP contribution is 2.21. The fourth-order valence-corrected chi connectivity index (χ4v) is 2.63. The number of nitrogens with zero attached hydrogens (tertiary/aromatic N) is 1. The summed E-state index contributed by atoms with van der Waals surface area (Å²) >= 11 is 0. The lowest BCUT2D eigenvalue weighted by molar-refractivity contribution is -0.152. The molecule has 1 heterocycles. The molecule has 0 aromatic rings. The van der Waals surface area contributed by atoms with Gasteiger partial charge in [0.25, 0.3) is 0 Å². The maximum absolute atomic E-state index is 12.6. The summed E-state index contributed by atoms with van der Waals surface area (Å²) in [6.07, 6.45) is 7.69. The molecule has 1 N–H and O–H groups in total. The number of amides is 2. The molecule has 4 nitrogen and oxygen atoms in total. The Morgan fingerprint density at radius 3 is 2.35 bits per heavy atom. The van der Waals surface area contributed by atoms with Crippen LogP contribution in [0.1, 0.15) is 47.0 Å². The molecule has 1 rings (SSSR count). The molecule has 4 heteroatoms. The zero-order chi connectivity index (χ0) is 15.3. The molecule has 0 aromatic heterocycles. The molecule has 2 atom stereocenters. The molecule has 1 aliphatic rings. The van der Waals surface area contributed by atoms with Crippen molar-refractivity contribution in [3.8, 4) is 12.3 Å². The first-order valence-corrected chi connectivity index (χ1v) is 7.44. The summed E-state index contributed by atoms with van der Waals surface area (Å²) in [4.78, 5) is 26.6. The van der Waals surface area contributed by atoms with E-state index in [1.54, 1.807) is 4.90 Å². The van der Waals surface area contributed by atoms with E-state index < -0.39 is 6.04 Å². The van der Waals surface area contributed by atoms with E-state index in [0.717, 1.165) is 12.8 Å². The Hall–Kier alpha value is -1.50. The zero-order valence-corrected chi connectivity index (χ0v) is 13.0. The van der Waals surface area contributed by atoms with Gasteiger partial charge in [-0.05, 0) is 24.7 Å². The number of carbonyl (C=O) groups is 2. The number of piperazine rings is 1. The molecule has 0 bridgehead atoms. The molecule has 0 saturated carbocycles. The van der Waals surface area contributed by atoms with Crippen LogP contribution >= 0.6 is 0 Å². The summed E-state index contributed by atoms with van der Waals surface area (Å²) in [5.41, 5.74) is 0. The van der Waals surface area contributed by atoms with Crippen molar-refractivity contribution >= 4 is 11.8 Å². The quantitative estimate of drug-likeness (QED) is 0.595. The SMILES string of the molecule is C#CCCCCN1C(=O)C(C(C)C)NC(=O)C1C(C)C. The first-order chi connectivity index (χ1) is 9.40. The third-order valence-electron chi connectivity index (χ3n) is 3.72. The van der Waals surface area contributed by atoms with E-state index in [1.165, 1.54) is 0 Å². The summed E-state index contributed by atoms with van der Waals surface area (Å²) in [5, 5.41) is 2.87. The van der Waals surface area contributed by atoms with E-state index in [2.05, 4.69) is 11.2 Å². The van der Waals surface area contributed by atoms with Crippen molar-refractivity contribution in [2.75, 3.05) is 6.54 Å². The van der Waals surface area contributed by atoms with Crippen LogP contribution in [0.5, 0.6) is 0 Å². The van der Waals surface area contributed by atoms with Crippen LogP contribution in [0.25, 0.3) is 0 Å². The van der Waals surface area contributed by atoms with Crippen molar-refractivity contribution in [1.29, 1.82) is 0 Å². The van der Waals surface area contributed by atoms with Gasteiger partial charge in [-0.2, -0.15) is 0 Å². The standard InChI is InChI=1S/C16H26N2O2/c1-6-7-8-9-10-18-14(12(4)5)15(19)17-13(11(2)3)16(18)20/h1,11-14H,7-10H2,2-5H3,(H,17,19). The predicted octanol–water partition coefficient (Wildman–Crippen LogP) is 1.80. The molecule has 2 amide bonds. The first-order valence-electron chi connectivity index (χ1n) is 7.44. The van der Waals surface area contributed by atoms with E-state index in [1.807, 2.05) is 27.7 Å². The average Bonchev–Trinajstić information content (AvgIpc) is 2.37. The number of hydrogen-bond donors (Lipinski definition) is 1. The zero-order valence-electron chi connectivity index (χ0n) is 13.0. The second-order valence-corrected chi connectivity index (χ2v) is 6.11. The normalized spacial score (nSPS) is 23.1. The van der Waals surface area contributed by atoms with E-state index in [9.17, 15) is 9.59 Å². The summed E-state index contributed by atoms with van der Waals surface area (Å²) in [6, 6.07) is -0.756. The van der Waals surface area contributed by atoms with Crippen molar-refractivity contribution in [2.24, 2.45) is 11.8 Å². The predicted molar refractivity (Wildman–Crippen MR) is 79.8 cm³/mol. The molecule has 0 spiro atoms. The van der Waals surface area contributed by atoms with Crippen LogP contribution in [0.2, 0.25) is 0 Å². The largest absolute Gasteiger partial charge is 0.342 e. The third-order valence-corrected chi connectivity index (χ3v) is 3.72. The van der Waals surface area contributed by atoms with Gasteiger partial charge in [-0.3, -0.25) is 9.59 Å². The van der Waals surface area contributed by atoms with E-state index in [-0.39, 0.29) is 29.7 Å². The number of nitrogens with one attached hydrogen (secondary N) is 1. The summed E-state index contributed by atoms with van der Waals surface area (Å²) in [6.45, 7) is 8.47. The van der Waals surface area contributed by atoms with Crippen LogP contribution in [0, 0.1) is 24.2 Å². The Morgan fingerprint density at radius 2 is 1.85 bits per heavy atom. The molecule has 2 unspecified atom stereocenters. The molecule has 0 aliphatic carbocycles. The minimum atomic E-state index is -0.398. The molecular formula is C16H26N2O2. The van der Waals surface area contributed by atoms with E-state index >= 15 is 0 Å². The lowest BCUT2D eigenvalue weighted by Crippen LogP contribution is -2.66. The monoisotopic (exact) mass is 278 g/mol. The minimum Gasteiger partial charge on any atom is -0.342 e. The Kier molecular flexibility index (Phi) is 6.06. The fourth-order valence-electron chi connectivity index (χ4n) is 2.63. The van der Waals surface area contributed by atoms with Crippen molar-refractivity contribution in [2.45, 2.75) is 59.0 Å². The van der Waals surface area contributed by atoms with Gasteiger partial charge in [0.05, 0.1) is 0 Å². The molecule has 0 radical (unpaired) electrons. The lowest BCUT2D eigenvalue weighted by Gasteiger charge is -2.42. The van der Waals surface area contributed by atoms with Gasteiger partial charge in [-0.15, -0.1) is 12.3 Å². The highest BCUT2D eigenvalue weighted by atomic mass is 16.2. The highest BCUT2D eigenvalue weighted by Gasteiger charge is 2.42. The molecule has 0 aromatic carbocycles. The van der Waals surface area contributed by atoms with Gasteiger partial charge in [0.2, 0.25) is 11.8 Å². The molecule has 112 valence electrons. The van der Waals surface area contributed by atoms with Gasteiger partial charge in [0, 0.05) is 13.0 Å². The van der Waals surface area contributed by atoms with Gasteiger partial charge in [0.1, 0.15) is 12.1 Å². The van der Waals surface area contributed by atoms with Crippen molar-refractivity contribution in [1.82, 2.24) is 10.2 Å². The summed E-state index contributed by atoms with van der Waals surface area (Å²) in [7, 11) is 0. The Balaban J connectivity index is 2.82. The van der Waals surface area contributed by atoms with Crippen molar-refractivity contribution in [3.05, 3.63) is 0 Å². The Bertz CT molecular complexity index is 396. The molecule has 1 aliphatic heterocycles. The van der Waals surface area contributed by atoms with Gasteiger partial charge in [-0.25, -0.2) is 0 Å². The van der Waals surface area contributed by atoms with Crippen LogP contribution in [0.15, 0.2) is 0 Å². The minimum absolute atomic E-state index is 0.0322. The first kappa shape index (κ1) is 16.6. The van der Waals surface area contributed by atoms with Crippen LogP contribution < -0.4 is 5.32 Å². The van der Waals surface area contributed by atoms with Gasteiger partial charge in [-0.1, -0.05) is 27.7 Å². The number of rotatable bonds is 6.